The van der Waals surface area contributed by atoms with Crippen LogP contribution < -0.4 is 5.32 Å². The fourth-order valence-electron chi connectivity index (χ4n) is 2.09. The summed E-state index contributed by atoms with van der Waals surface area (Å²) in [6, 6.07) is 4.76. The molecule has 1 aromatic carbocycles. The maximum Gasteiger partial charge on any atom is 0.288 e. The zero-order valence-electron chi connectivity index (χ0n) is 9.86. The summed E-state index contributed by atoms with van der Waals surface area (Å²) < 4.78 is 0. The normalized spacial score (nSPS) is 17.2. The third-order valence-corrected chi connectivity index (χ3v) is 3.81. The molecule has 0 heterocycles. The van der Waals surface area contributed by atoms with Crippen LogP contribution in [0.2, 0.25) is 5.02 Å². The number of nitrogens with zero attached hydrogens (tertiary/aromatic N) is 1. The van der Waals surface area contributed by atoms with Gasteiger partial charge in [-0.1, -0.05) is 17.7 Å². The second kappa shape index (κ2) is 5.22. The number of nitrogens with one attached hydrogen (secondary N) is 1. The van der Waals surface area contributed by atoms with Gasteiger partial charge in [-0.2, -0.15) is 0 Å². The van der Waals surface area contributed by atoms with E-state index in [2.05, 4.69) is 5.32 Å². The quantitative estimate of drug-likeness (QED) is 0.636. The van der Waals surface area contributed by atoms with E-state index in [-0.39, 0.29) is 22.9 Å². The van der Waals surface area contributed by atoms with Crippen molar-refractivity contribution >= 4 is 17.3 Å². The van der Waals surface area contributed by atoms with Crippen molar-refractivity contribution in [2.75, 3.05) is 6.61 Å². The van der Waals surface area contributed by atoms with E-state index in [0.29, 0.717) is 6.54 Å². The fraction of sp³-hybridized carbons (Fsp3) is 0.500. The van der Waals surface area contributed by atoms with Crippen LogP contribution in [-0.2, 0) is 6.54 Å². The maximum atomic E-state index is 10.8. The van der Waals surface area contributed by atoms with Gasteiger partial charge in [0.25, 0.3) is 5.69 Å². The van der Waals surface area contributed by atoms with Gasteiger partial charge in [-0.05, 0) is 30.9 Å². The molecule has 0 atom stereocenters. The number of halogens is 1. The van der Waals surface area contributed by atoms with Crippen molar-refractivity contribution in [3.8, 4) is 0 Å². The zero-order valence-corrected chi connectivity index (χ0v) is 10.6. The van der Waals surface area contributed by atoms with E-state index in [1.54, 1.807) is 6.07 Å². The first-order valence-corrected chi connectivity index (χ1v) is 6.23. The Kier molecular flexibility index (Phi) is 3.85. The molecule has 6 heteroatoms. The molecule has 0 amide bonds. The molecule has 0 radical (unpaired) electrons. The minimum Gasteiger partial charge on any atom is -0.394 e. The number of hydrogen-bond acceptors (Lipinski definition) is 4. The van der Waals surface area contributed by atoms with E-state index >= 15 is 0 Å². The summed E-state index contributed by atoms with van der Waals surface area (Å²) in [7, 11) is 0. The van der Waals surface area contributed by atoms with E-state index in [1.165, 1.54) is 12.1 Å². The Balaban J connectivity index is 2.06. The first kappa shape index (κ1) is 13.3. The van der Waals surface area contributed by atoms with Crippen molar-refractivity contribution in [1.29, 1.82) is 0 Å². The Morgan fingerprint density at radius 3 is 2.72 bits per heavy atom. The Bertz CT molecular complexity index is 455. The molecule has 98 valence electrons. The number of aliphatic hydroxyl groups is 1. The lowest BCUT2D eigenvalue weighted by molar-refractivity contribution is -0.384. The van der Waals surface area contributed by atoms with Crippen LogP contribution in [0.1, 0.15) is 24.8 Å². The van der Waals surface area contributed by atoms with Gasteiger partial charge < -0.3 is 10.4 Å². The Morgan fingerprint density at radius 2 is 2.22 bits per heavy atom. The minimum atomic E-state index is -0.489. The topological polar surface area (TPSA) is 75.4 Å². The van der Waals surface area contributed by atoms with Gasteiger partial charge in [0.1, 0.15) is 5.02 Å². The predicted molar refractivity (Wildman–Crippen MR) is 68.6 cm³/mol. The van der Waals surface area contributed by atoms with Crippen molar-refractivity contribution in [2.45, 2.75) is 31.3 Å². The number of aliphatic hydroxyl groups excluding tert-OH is 1. The number of hydrogen-bond donors (Lipinski definition) is 2. The summed E-state index contributed by atoms with van der Waals surface area (Å²) in [6.45, 7) is 0.598. The molecule has 0 unspecified atom stereocenters. The summed E-state index contributed by atoms with van der Waals surface area (Å²) in [5.74, 6) is 0. The van der Waals surface area contributed by atoms with E-state index in [0.717, 1.165) is 24.8 Å². The van der Waals surface area contributed by atoms with Gasteiger partial charge in [0.05, 0.1) is 11.5 Å². The van der Waals surface area contributed by atoms with Gasteiger partial charge in [0, 0.05) is 18.2 Å². The highest BCUT2D eigenvalue weighted by molar-refractivity contribution is 6.32. The van der Waals surface area contributed by atoms with Crippen LogP contribution in [0, 0.1) is 10.1 Å². The predicted octanol–water partition coefficient (Wildman–Crippen LogP) is 2.25. The molecule has 0 spiro atoms. The molecule has 0 bridgehead atoms. The lowest BCUT2D eigenvalue weighted by atomic mass is 9.77. The van der Waals surface area contributed by atoms with Crippen molar-refractivity contribution in [1.82, 2.24) is 5.32 Å². The monoisotopic (exact) mass is 270 g/mol. The van der Waals surface area contributed by atoms with Crippen LogP contribution in [0.3, 0.4) is 0 Å². The van der Waals surface area contributed by atoms with E-state index < -0.39 is 4.92 Å². The molecule has 1 fully saturated rings. The molecule has 0 aliphatic heterocycles. The minimum absolute atomic E-state index is 0.0809. The first-order chi connectivity index (χ1) is 8.56. The highest BCUT2D eigenvalue weighted by Crippen LogP contribution is 2.32. The molecule has 2 rings (SSSR count). The number of nitro groups is 1. The summed E-state index contributed by atoms with van der Waals surface area (Å²) in [5.41, 5.74) is 0.516. The average molecular weight is 271 g/mol. The zero-order chi connectivity index (χ0) is 13.2. The van der Waals surface area contributed by atoms with Gasteiger partial charge in [0.15, 0.2) is 0 Å². The Hall–Kier alpha value is -1.17. The van der Waals surface area contributed by atoms with E-state index in [1.807, 2.05) is 0 Å². The van der Waals surface area contributed by atoms with Crippen molar-refractivity contribution in [2.24, 2.45) is 0 Å². The standard InChI is InChI=1S/C12H15ClN2O3/c13-10-3-2-9(6-11(10)15(17)18)7-14-12(8-16)4-1-5-12/h2-3,6,14,16H,1,4-5,7-8H2. The molecule has 1 saturated carbocycles. The van der Waals surface area contributed by atoms with Crippen LogP contribution in [0.5, 0.6) is 0 Å². The van der Waals surface area contributed by atoms with Crippen molar-refractivity contribution < 1.29 is 10.0 Å². The van der Waals surface area contributed by atoms with Crippen molar-refractivity contribution in [3.05, 3.63) is 38.9 Å². The van der Waals surface area contributed by atoms with Crippen LogP contribution in [0.25, 0.3) is 0 Å². The number of benzene rings is 1. The average Bonchev–Trinajstić information content (AvgIpc) is 2.30. The van der Waals surface area contributed by atoms with E-state index in [9.17, 15) is 15.2 Å². The molecule has 18 heavy (non-hydrogen) atoms. The van der Waals surface area contributed by atoms with Gasteiger partial charge in [0.2, 0.25) is 0 Å². The van der Waals surface area contributed by atoms with E-state index in [4.69, 9.17) is 11.6 Å². The van der Waals surface area contributed by atoms with Gasteiger partial charge >= 0.3 is 0 Å². The van der Waals surface area contributed by atoms with Crippen LogP contribution in [0.15, 0.2) is 18.2 Å². The summed E-state index contributed by atoms with van der Waals surface area (Å²) in [4.78, 5) is 10.3. The Labute approximate surface area is 110 Å². The second-order valence-corrected chi connectivity index (χ2v) is 5.10. The molecule has 0 saturated heterocycles. The summed E-state index contributed by atoms with van der Waals surface area (Å²) in [5, 5.41) is 23.5. The summed E-state index contributed by atoms with van der Waals surface area (Å²) in [6.07, 6.45) is 2.99. The van der Waals surface area contributed by atoms with Gasteiger partial charge in [-0.3, -0.25) is 10.1 Å². The number of rotatable bonds is 5. The van der Waals surface area contributed by atoms with Crippen LogP contribution >= 0.6 is 11.6 Å². The summed E-state index contributed by atoms with van der Waals surface area (Å²) >= 11 is 5.74. The molecule has 1 aromatic rings. The van der Waals surface area contributed by atoms with Gasteiger partial charge in [-0.25, -0.2) is 0 Å². The highest BCUT2D eigenvalue weighted by atomic mass is 35.5. The highest BCUT2D eigenvalue weighted by Gasteiger charge is 2.35. The van der Waals surface area contributed by atoms with Crippen molar-refractivity contribution in [3.63, 3.8) is 0 Å². The number of nitro benzene ring substituents is 1. The third kappa shape index (κ3) is 2.63. The lowest BCUT2D eigenvalue weighted by Gasteiger charge is -2.41. The Morgan fingerprint density at radius 1 is 1.50 bits per heavy atom. The smallest absolute Gasteiger partial charge is 0.288 e. The third-order valence-electron chi connectivity index (χ3n) is 3.49. The fourth-order valence-corrected chi connectivity index (χ4v) is 2.28. The van der Waals surface area contributed by atoms with Crippen LogP contribution in [-0.4, -0.2) is 22.2 Å². The molecule has 0 aromatic heterocycles. The molecule has 5 nitrogen and oxygen atoms in total. The lowest BCUT2D eigenvalue weighted by Crippen LogP contribution is -2.53. The molecule has 2 N–H and O–H groups in total. The maximum absolute atomic E-state index is 10.8. The molecule has 1 aliphatic rings. The second-order valence-electron chi connectivity index (χ2n) is 4.69. The molecule has 1 aliphatic carbocycles. The largest absolute Gasteiger partial charge is 0.394 e. The first-order valence-electron chi connectivity index (χ1n) is 5.85. The molecular weight excluding hydrogens is 256 g/mol. The van der Waals surface area contributed by atoms with Gasteiger partial charge in [-0.15, -0.1) is 0 Å². The SMILES string of the molecule is O=[N+]([O-])c1cc(CNC2(CO)CCC2)ccc1Cl. The van der Waals surface area contributed by atoms with Crippen LogP contribution in [0.4, 0.5) is 5.69 Å². The molecular formula is C12H15ClN2O3.